The monoisotopic (exact) mass is 240 g/mol. The van der Waals surface area contributed by atoms with E-state index in [2.05, 4.69) is 5.10 Å². The number of sulfone groups is 1. The SMILES string of the molecule is Cn1cc(C=CS(=O)(=O)C(F)(F)F)cn1. The van der Waals surface area contributed by atoms with E-state index in [9.17, 15) is 21.6 Å². The number of aryl methyl sites for hydroxylation is 1. The fraction of sp³-hybridized carbons (Fsp3) is 0.286. The lowest BCUT2D eigenvalue weighted by atomic mass is 10.4. The maximum Gasteiger partial charge on any atom is 0.501 e. The third-order valence-electron chi connectivity index (χ3n) is 1.49. The molecule has 0 aliphatic carbocycles. The number of hydrogen-bond acceptors (Lipinski definition) is 3. The van der Waals surface area contributed by atoms with Gasteiger partial charge in [-0.15, -0.1) is 0 Å². The molecule has 0 aliphatic rings. The van der Waals surface area contributed by atoms with Crippen LogP contribution in [0.3, 0.4) is 0 Å². The summed E-state index contributed by atoms with van der Waals surface area (Å²) in [5.74, 6) is 0. The summed E-state index contributed by atoms with van der Waals surface area (Å²) in [6, 6.07) is 0. The largest absolute Gasteiger partial charge is 0.501 e. The van der Waals surface area contributed by atoms with E-state index in [1.54, 1.807) is 7.05 Å². The molecule has 8 heteroatoms. The van der Waals surface area contributed by atoms with Crippen molar-refractivity contribution in [2.75, 3.05) is 0 Å². The molecule has 0 fully saturated rings. The third-order valence-corrected chi connectivity index (χ3v) is 2.63. The van der Waals surface area contributed by atoms with E-state index < -0.39 is 15.3 Å². The van der Waals surface area contributed by atoms with Crippen LogP contribution < -0.4 is 0 Å². The minimum Gasteiger partial charge on any atom is -0.275 e. The zero-order chi connectivity index (χ0) is 11.7. The molecular weight excluding hydrogens is 233 g/mol. The van der Waals surface area contributed by atoms with Gasteiger partial charge in [-0.2, -0.15) is 18.3 Å². The summed E-state index contributed by atoms with van der Waals surface area (Å²) < 4.78 is 58.2. The van der Waals surface area contributed by atoms with Gasteiger partial charge < -0.3 is 0 Å². The Bertz CT molecular complexity index is 473. The van der Waals surface area contributed by atoms with Crippen molar-refractivity contribution in [1.82, 2.24) is 9.78 Å². The lowest BCUT2D eigenvalue weighted by molar-refractivity contribution is -0.0423. The summed E-state index contributed by atoms with van der Waals surface area (Å²) in [7, 11) is -3.64. The third kappa shape index (κ3) is 2.82. The number of aromatic nitrogens is 2. The van der Waals surface area contributed by atoms with Gasteiger partial charge in [-0.3, -0.25) is 4.68 Å². The molecule has 1 aromatic rings. The predicted molar refractivity (Wildman–Crippen MR) is 47.2 cm³/mol. The molecule has 4 nitrogen and oxygen atoms in total. The van der Waals surface area contributed by atoms with Crippen molar-refractivity contribution in [3.8, 4) is 0 Å². The molecule has 0 bridgehead atoms. The van der Waals surface area contributed by atoms with Crippen LogP contribution in [0.25, 0.3) is 6.08 Å². The smallest absolute Gasteiger partial charge is 0.275 e. The normalized spacial score (nSPS) is 13.6. The van der Waals surface area contributed by atoms with Crippen LogP contribution in [-0.4, -0.2) is 23.7 Å². The Kier molecular flexibility index (Phi) is 2.89. The molecule has 84 valence electrons. The van der Waals surface area contributed by atoms with Crippen molar-refractivity contribution >= 4 is 15.9 Å². The fourth-order valence-electron chi connectivity index (χ4n) is 0.772. The van der Waals surface area contributed by atoms with Crippen molar-refractivity contribution in [3.05, 3.63) is 23.4 Å². The van der Waals surface area contributed by atoms with E-state index in [1.807, 2.05) is 0 Å². The standard InChI is InChI=1S/C7H7F3N2O2S/c1-12-5-6(4-11-12)2-3-15(13,14)7(8,9)10/h2-5H,1H3. The van der Waals surface area contributed by atoms with Gasteiger partial charge in [0.2, 0.25) is 0 Å². The summed E-state index contributed by atoms with van der Waals surface area (Å²) in [4.78, 5) is 0. The molecule has 1 rings (SSSR count). The van der Waals surface area contributed by atoms with Crippen LogP contribution in [0, 0.1) is 0 Å². The van der Waals surface area contributed by atoms with E-state index in [1.165, 1.54) is 17.1 Å². The highest BCUT2D eigenvalue weighted by atomic mass is 32.2. The summed E-state index contributed by atoms with van der Waals surface area (Å²) in [5, 5.41) is 3.78. The molecular formula is C7H7F3N2O2S. The molecule has 0 atom stereocenters. The second-order valence-electron chi connectivity index (χ2n) is 2.74. The summed E-state index contributed by atoms with van der Waals surface area (Å²) in [6.45, 7) is 0. The van der Waals surface area contributed by atoms with E-state index in [-0.39, 0.29) is 11.0 Å². The highest BCUT2D eigenvalue weighted by molar-refractivity contribution is 7.95. The lowest BCUT2D eigenvalue weighted by Crippen LogP contribution is -2.20. The van der Waals surface area contributed by atoms with Crippen molar-refractivity contribution in [3.63, 3.8) is 0 Å². The Hall–Kier alpha value is -1.31. The Morgan fingerprint density at radius 1 is 1.47 bits per heavy atom. The maximum atomic E-state index is 11.9. The van der Waals surface area contributed by atoms with Crippen LogP contribution in [-0.2, 0) is 16.9 Å². The number of hydrogen-bond donors (Lipinski definition) is 0. The minimum absolute atomic E-state index is 0.115. The summed E-state index contributed by atoms with van der Waals surface area (Å²) in [6.07, 6.45) is 3.49. The van der Waals surface area contributed by atoms with Gasteiger partial charge in [0.15, 0.2) is 0 Å². The molecule has 0 N–H and O–H groups in total. The zero-order valence-corrected chi connectivity index (χ0v) is 8.38. The van der Waals surface area contributed by atoms with Gasteiger partial charge >= 0.3 is 5.51 Å². The van der Waals surface area contributed by atoms with Crippen molar-refractivity contribution in [2.24, 2.45) is 7.05 Å². The quantitative estimate of drug-likeness (QED) is 0.783. The van der Waals surface area contributed by atoms with Crippen LogP contribution >= 0.6 is 0 Å². The number of nitrogens with zero attached hydrogens (tertiary/aromatic N) is 2. The fourth-order valence-corrected chi connectivity index (χ4v) is 1.26. The molecule has 0 unspecified atom stereocenters. The van der Waals surface area contributed by atoms with Crippen LogP contribution in [0.4, 0.5) is 13.2 Å². The van der Waals surface area contributed by atoms with Crippen LogP contribution in [0.15, 0.2) is 17.8 Å². The van der Waals surface area contributed by atoms with Gasteiger partial charge in [-0.1, -0.05) is 0 Å². The molecule has 0 radical (unpaired) electrons. The van der Waals surface area contributed by atoms with E-state index in [4.69, 9.17) is 0 Å². The van der Waals surface area contributed by atoms with E-state index >= 15 is 0 Å². The molecule has 0 spiro atoms. The van der Waals surface area contributed by atoms with Crippen molar-refractivity contribution in [1.29, 1.82) is 0 Å². The first-order valence-electron chi connectivity index (χ1n) is 3.70. The van der Waals surface area contributed by atoms with Gasteiger partial charge in [-0.25, -0.2) is 8.42 Å². The summed E-state index contributed by atoms with van der Waals surface area (Å²) in [5.41, 5.74) is -4.98. The number of alkyl halides is 3. The average Bonchev–Trinajstić information content (AvgIpc) is 2.46. The Labute approximate surface area is 83.9 Å². The highest BCUT2D eigenvalue weighted by Crippen LogP contribution is 2.25. The molecule has 1 heterocycles. The van der Waals surface area contributed by atoms with Crippen molar-refractivity contribution in [2.45, 2.75) is 5.51 Å². The summed E-state index contributed by atoms with van der Waals surface area (Å²) >= 11 is 0. The Balaban J connectivity index is 2.92. The van der Waals surface area contributed by atoms with E-state index in [0.717, 1.165) is 6.08 Å². The molecule has 0 saturated heterocycles. The predicted octanol–water partition coefficient (Wildman–Crippen LogP) is 1.33. The first-order valence-corrected chi connectivity index (χ1v) is 5.25. The molecule has 0 saturated carbocycles. The Morgan fingerprint density at radius 3 is 2.47 bits per heavy atom. The topological polar surface area (TPSA) is 52.0 Å². The van der Waals surface area contributed by atoms with Gasteiger partial charge in [0.1, 0.15) is 0 Å². The first-order chi connectivity index (χ1) is 6.72. The number of halogens is 3. The van der Waals surface area contributed by atoms with Gasteiger partial charge in [0.05, 0.1) is 6.20 Å². The van der Waals surface area contributed by atoms with Gasteiger partial charge in [0, 0.05) is 24.2 Å². The minimum atomic E-state index is -5.26. The van der Waals surface area contributed by atoms with Gasteiger partial charge in [0.25, 0.3) is 9.84 Å². The number of rotatable bonds is 2. The van der Waals surface area contributed by atoms with Crippen LogP contribution in [0.2, 0.25) is 0 Å². The highest BCUT2D eigenvalue weighted by Gasteiger charge is 2.43. The second-order valence-corrected chi connectivity index (χ2v) is 4.57. The molecule has 0 aromatic carbocycles. The van der Waals surface area contributed by atoms with Crippen LogP contribution in [0.5, 0.6) is 0 Å². The lowest BCUT2D eigenvalue weighted by Gasteiger charge is -2.01. The Morgan fingerprint density at radius 2 is 2.07 bits per heavy atom. The zero-order valence-electron chi connectivity index (χ0n) is 7.56. The van der Waals surface area contributed by atoms with E-state index in [0.29, 0.717) is 0 Å². The molecule has 0 aliphatic heterocycles. The molecule has 15 heavy (non-hydrogen) atoms. The van der Waals surface area contributed by atoms with Crippen molar-refractivity contribution < 1.29 is 21.6 Å². The first kappa shape index (κ1) is 11.8. The van der Waals surface area contributed by atoms with Crippen LogP contribution in [0.1, 0.15) is 5.56 Å². The molecule has 0 amide bonds. The molecule has 1 aromatic heterocycles. The average molecular weight is 240 g/mol. The maximum absolute atomic E-state index is 11.9. The van der Waals surface area contributed by atoms with Gasteiger partial charge in [-0.05, 0) is 6.08 Å². The second kappa shape index (κ2) is 3.69.